The molecule has 0 aliphatic rings. The Morgan fingerprint density at radius 2 is 1.59 bits per heavy atom. The summed E-state index contributed by atoms with van der Waals surface area (Å²) in [4.78, 5) is 59.9. The highest BCUT2D eigenvalue weighted by molar-refractivity contribution is 7.18. The number of hydrogen-bond acceptors (Lipinski definition) is 9. The molecule has 0 radical (unpaired) electrons. The number of hydrogen-bond donors (Lipinski definition) is 1. The van der Waals surface area contributed by atoms with Gasteiger partial charge in [-0.05, 0) is 26.3 Å². The molecule has 0 aliphatic carbocycles. The van der Waals surface area contributed by atoms with Crippen LogP contribution in [0.15, 0.2) is 18.2 Å². The third kappa shape index (κ3) is 5.24. The molecule has 1 N–H and O–H groups in total. The summed E-state index contributed by atoms with van der Waals surface area (Å²) in [6.07, 6.45) is -0.474. The van der Waals surface area contributed by atoms with Gasteiger partial charge >= 0.3 is 5.97 Å². The van der Waals surface area contributed by atoms with Crippen molar-refractivity contribution in [1.82, 2.24) is 4.90 Å². The van der Waals surface area contributed by atoms with Crippen molar-refractivity contribution in [2.45, 2.75) is 26.9 Å². The standard InChI is InChI=1S/C19H20N4O8S/c1-9(2)31-19(26)14-10(3)15(18(25)21(4)5)32-17(14)20-16(24)11-6-12(22(27)28)8-13(7-11)23(29)30/h6-9H,1-5H3,(H,20,24). The lowest BCUT2D eigenvalue weighted by molar-refractivity contribution is -0.394. The number of amides is 2. The largest absolute Gasteiger partial charge is 0.459 e. The van der Waals surface area contributed by atoms with E-state index in [4.69, 9.17) is 4.74 Å². The van der Waals surface area contributed by atoms with Crippen LogP contribution in [0, 0.1) is 27.2 Å². The molecular weight excluding hydrogens is 444 g/mol. The van der Waals surface area contributed by atoms with Crippen LogP contribution in [0.5, 0.6) is 0 Å². The molecule has 0 saturated carbocycles. The number of esters is 1. The molecule has 2 rings (SSSR count). The Morgan fingerprint density at radius 1 is 1.06 bits per heavy atom. The van der Waals surface area contributed by atoms with E-state index in [9.17, 15) is 34.6 Å². The van der Waals surface area contributed by atoms with Gasteiger partial charge in [0.1, 0.15) is 5.00 Å². The third-order valence-corrected chi connectivity index (χ3v) is 5.30. The van der Waals surface area contributed by atoms with E-state index in [-0.39, 0.29) is 21.0 Å². The summed E-state index contributed by atoms with van der Waals surface area (Å²) < 4.78 is 5.21. The van der Waals surface area contributed by atoms with Gasteiger partial charge in [0.25, 0.3) is 23.2 Å². The predicted octanol–water partition coefficient (Wildman–Crippen LogP) is 3.39. The number of thiophene rings is 1. The number of carbonyl (C=O) groups excluding carboxylic acids is 3. The van der Waals surface area contributed by atoms with Crippen molar-refractivity contribution < 1.29 is 29.0 Å². The van der Waals surface area contributed by atoms with Crippen LogP contribution in [0.3, 0.4) is 0 Å². The molecule has 0 saturated heterocycles. The van der Waals surface area contributed by atoms with E-state index >= 15 is 0 Å². The van der Waals surface area contributed by atoms with Crippen molar-refractivity contribution in [2.75, 3.05) is 19.4 Å². The van der Waals surface area contributed by atoms with Crippen LogP contribution in [-0.4, -0.2) is 52.7 Å². The zero-order valence-electron chi connectivity index (χ0n) is 17.8. The average molecular weight is 464 g/mol. The van der Waals surface area contributed by atoms with Crippen molar-refractivity contribution in [3.63, 3.8) is 0 Å². The maximum atomic E-state index is 12.8. The summed E-state index contributed by atoms with van der Waals surface area (Å²) in [7, 11) is 3.04. The van der Waals surface area contributed by atoms with E-state index in [2.05, 4.69) is 5.32 Å². The lowest BCUT2D eigenvalue weighted by atomic mass is 10.1. The third-order valence-electron chi connectivity index (χ3n) is 4.11. The molecule has 0 aliphatic heterocycles. The molecule has 0 atom stereocenters. The molecule has 170 valence electrons. The van der Waals surface area contributed by atoms with Crippen LogP contribution in [-0.2, 0) is 4.74 Å². The number of benzene rings is 1. The number of rotatable bonds is 7. The van der Waals surface area contributed by atoms with Crippen LogP contribution >= 0.6 is 11.3 Å². The molecule has 2 aromatic rings. The Morgan fingerprint density at radius 3 is 2.03 bits per heavy atom. The zero-order chi connectivity index (χ0) is 24.3. The van der Waals surface area contributed by atoms with Gasteiger partial charge in [-0.1, -0.05) is 0 Å². The molecule has 0 unspecified atom stereocenters. The minimum atomic E-state index is -0.930. The fraction of sp³-hybridized carbons (Fsp3) is 0.316. The van der Waals surface area contributed by atoms with E-state index in [1.165, 1.54) is 25.9 Å². The Balaban J connectivity index is 2.56. The minimum Gasteiger partial charge on any atom is -0.459 e. The average Bonchev–Trinajstić information content (AvgIpc) is 3.01. The normalized spacial score (nSPS) is 10.6. The molecule has 1 aromatic carbocycles. The number of ether oxygens (including phenoxy) is 1. The second-order valence-electron chi connectivity index (χ2n) is 7.12. The number of carbonyl (C=O) groups is 3. The smallest absolute Gasteiger partial charge is 0.341 e. The van der Waals surface area contributed by atoms with Gasteiger partial charge in [-0.2, -0.15) is 0 Å². The summed E-state index contributed by atoms with van der Waals surface area (Å²) in [5.41, 5.74) is -1.40. The first-order valence-electron chi connectivity index (χ1n) is 9.14. The number of nitro benzene ring substituents is 2. The topological polar surface area (TPSA) is 162 Å². The van der Waals surface area contributed by atoms with Crippen LogP contribution in [0.4, 0.5) is 16.4 Å². The predicted molar refractivity (Wildman–Crippen MR) is 115 cm³/mol. The quantitative estimate of drug-likeness (QED) is 0.370. The van der Waals surface area contributed by atoms with Gasteiger partial charge in [-0.15, -0.1) is 11.3 Å². The molecule has 0 fully saturated rings. The zero-order valence-corrected chi connectivity index (χ0v) is 18.6. The molecule has 12 nitrogen and oxygen atoms in total. The Hall–Kier alpha value is -3.87. The van der Waals surface area contributed by atoms with Crippen molar-refractivity contribution in [3.8, 4) is 0 Å². The molecule has 13 heteroatoms. The van der Waals surface area contributed by atoms with Crippen molar-refractivity contribution >= 4 is 45.5 Å². The number of non-ortho nitro benzene ring substituents is 2. The molecule has 1 heterocycles. The van der Waals surface area contributed by atoms with Gasteiger partial charge in [0.05, 0.1) is 38.0 Å². The number of nitrogens with one attached hydrogen (secondary N) is 1. The molecule has 0 spiro atoms. The maximum Gasteiger partial charge on any atom is 0.341 e. The molecule has 32 heavy (non-hydrogen) atoms. The maximum absolute atomic E-state index is 12.8. The summed E-state index contributed by atoms with van der Waals surface area (Å²) in [6, 6.07) is 2.48. The first-order chi connectivity index (χ1) is 14.8. The summed E-state index contributed by atoms with van der Waals surface area (Å²) >= 11 is 0.830. The van der Waals surface area contributed by atoms with E-state index in [0.717, 1.165) is 29.5 Å². The number of nitrogens with zero attached hydrogens (tertiary/aromatic N) is 3. The number of anilines is 1. The molecule has 2 amide bonds. The molecule has 1 aromatic heterocycles. The summed E-state index contributed by atoms with van der Waals surface area (Å²) in [6.45, 7) is 4.79. The fourth-order valence-corrected chi connectivity index (χ4v) is 3.85. The van der Waals surface area contributed by atoms with Gasteiger partial charge in [0.15, 0.2) is 0 Å². The Kier molecular flexibility index (Phi) is 7.25. The number of nitro groups is 2. The second-order valence-corrected chi connectivity index (χ2v) is 8.14. The van der Waals surface area contributed by atoms with Gasteiger partial charge < -0.3 is 15.0 Å². The fourth-order valence-electron chi connectivity index (χ4n) is 2.64. The van der Waals surface area contributed by atoms with Crippen LogP contribution in [0.1, 0.15) is 49.8 Å². The van der Waals surface area contributed by atoms with E-state index < -0.39 is 45.1 Å². The van der Waals surface area contributed by atoms with Crippen molar-refractivity contribution in [2.24, 2.45) is 0 Å². The van der Waals surface area contributed by atoms with E-state index in [0.29, 0.717) is 5.56 Å². The monoisotopic (exact) mass is 464 g/mol. The summed E-state index contributed by atoms with van der Waals surface area (Å²) in [5.74, 6) is -2.11. The van der Waals surface area contributed by atoms with Gasteiger partial charge in [-0.3, -0.25) is 29.8 Å². The van der Waals surface area contributed by atoms with Crippen LogP contribution < -0.4 is 5.32 Å². The molecular formula is C19H20N4O8S. The second kappa shape index (κ2) is 9.51. The Bertz CT molecular complexity index is 1090. The van der Waals surface area contributed by atoms with E-state index in [1.54, 1.807) is 13.8 Å². The first-order valence-corrected chi connectivity index (χ1v) is 9.96. The van der Waals surface area contributed by atoms with Gasteiger partial charge in [0, 0.05) is 26.2 Å². The minimum absolute atomic E-state index is 0.0162. The van der Waals surface area contributed by atoms with Crippen LogP contribution in [0.25, 0.3) is 0 Å². The summed E-state index contributed by atoms with van der Waals surface area (Å²) in [5, 5.41) is 24.6. The van der Waals surface area contributed by atoms with Crippen molar-refractivity contribution in [1.29, 1.82) is 0 Å². The molecule has 0 bridgehead atoms. The van der Waals surface area contributed by atoms with Gasteiger partial charge in [0.2, 0.25) is 0 Å². The highest BCUT2D eigenvalue weighted by atomic mass is 32.1. The SMILES string of the molecule is Cc1c(C(=O)N(C)C)sc(NC(=O)c2cc([N+](=O)[O-])cc([N+](=O)[O-])c2)c1C(=O)OC(C)C. The lowest BCUT2D eigenvalue weighted by Crippen LogP contribution is -2.21. The van der Waals surface area contributed by atoms with Crippen molar-refractivity contribution in [3.05, 3.63) is 60.0 Å². The highest BCUT2D eigenvalue weighted by Crippen LogP contribution is 2.35. The Labute approximate surface area is 186 Å². The highest BCUT2D eigenvalue weighted by Gasteiger charge is 2.29. The van der Waals surface area contributed by atoms with Gasteiger partial charge in [-0.25, -0.2) is 4.79 Å². The van der Waals surface area contributed by atoms with E-state index in [1.807, 2.05) is 0 Å². The van der Waals surface area contributed by atoms with Crippen LogP contribution in [0.2, 0.25) is 0 Å². The first kappa shape index (κ1) is 24.4. The lowest BCUT2D eigenvalue weighted by Gasteiger charge is -2.11.